The van der Waals surface area contributed by atoms with E-state index in [1.54, 1.807) is 27.7 Å². The van der Waals surface area contributed by atoms with E-state index >= 15 is 0 Å². The zero-order valence-corrected chi connectivity index (χ0v) is 12.2. The van der Waals surface area contributed by atoms with Crippen molar-refractivity contribution in [3.05, 3.63) is 0 Å². The molecule has 0 rings (SSSR count). The molecule has 5 heteroatoms. The number of aliphatic hydroxyl groups is 1. The molecule has 0 bridgehead atoms. The first-order valence-electron chi connectivity index (χ1n) is 6.32. The van der Waals surface area contributed by atoms with Crippen molar-refractivity contribution in [1.82, 2.24) is 10.6 Å². The molecule has 0 aliphatic heterocycles. The molecule has 0 radical (unpaired) electrons. The minimum atomic E-state index is -0.601. The van der Waals surface area contributed by atoms with Crippen LogP contribution in [0.25, 0.3) is 0 Å². The fourth-order valence-corrected chi connectivity index (χ4v) is 1.07. The SMILES string of the molecule is CC(NC(=O)C(C)(C)C)C(=O)NCC(O)C(C)C. The van der Waals surface area contributed by atoms with E-state index in [1.807, 2.05) is 13.8 Å². The number of nitrogens with one attached hydrogen (secondary N) is 2. The van der Waals surface area contributed by atoms with Crippen molar-refractivity contribution < 1.29 is 14.7 Å². The highest BCUT2D eigenvalue weighted by Gasteiger charge is 2.25. The van der Waals surface area contributed by atoms with E-state index in [2.05, 4.69) is 10.6 Å². The lowest BCUT2D eigenvalue weighted by Crippen LogP contribution is -2.49. The van der Waals surface area contributed by atoms with Gasteiger partial charge in [0.25, 0.3) is 0 Å². The van der Waals surface area contributed by atoms with Crippen LogP contribution in [-0.2, 0) is 9.59 Å². The monoisotopic (exact) mass is 258 g/mol. The Labute approximate surface area is 109 Å². The summed E-state index contributed by atoms with van der Waals surface area (Å²) in [6, 6.07) is -0.601. The van der Waals surface area contributed by atoms with Crippen LogP contribution in [0.2, 0.25) is 0 Å². The van der Waals surface area contributed by atoms with Crippen molar-refractivity contribution in [2.24, 2.45) is 11.3 Å². The lowest BCUT2D eigenvalue weighted by atomic mass is 9.95. The third kappa shape index (κ3) is 6.00. The van der Waals surface area contributed by atoms with Crippen molar-refractivity contribution in [2.75, 3.05) is 6.54 Å². The van der Waals surface area contributed by atoms with E-state index in [9.17, 15) is 14.7 Å². The van der Waals surface area contributed by atoms with Crippen LogP contribution in [0.15, 0.2) is 0 Å². The average Bonchev–Trinajstić information content (AvgIpc) is 2.23. The second-order valence-electron chi connectivity index (χ2n) is 6.00. The van der Waals surface area contributed by atoms with Gasteiger partial charge in [-0.15, -0.1) is 0 Å². The van der Waals surface area contributed by atoms with Crippen LogP contribution in [0.3, 0.4) is 0 Å². The molecule has 0 heterocycles. The maximum Gasteiger partial charge on any atom is 0.242 e. The van der Waals surface area contributed by atoms with Crippen LogP contribution in [0.5, 0.6) is 0 Å². The summed E-state index contributed by atoms with van der Waals surface area (Å²) in [5.41, 5.74) is -0.522. The zero-order chi connectivity index (χ0) is 14.5. The van der Waals surface area contributed by atoms with E-state index in [4.69, 9.17) is 0 Å². The second kappa shape index (κ2) is 6.73. The molecule has 2 atom stereocenters. The summed E-state index contributed by atoms with van der Waals surface area (Å²) in [5.74, 6) is -0.369. The van der Waals surface area contributed by atoms with Gasteiger partial charge in [0.2, 0.25) is 11.8 Å². The number of hydrogen-bond acceptors (Lipinski definition) is 3. The lowest BCUT2D eigenvalue weighted by molar-refractivity contribution is -0.133. The number of rotatable bonds is 5. The Hall–Kier alpha value is -1.10. The molecular weight excluding hydrogens is 232 g/mol. The van der Waals surface area contributed by atoms with Crippen LogP contribution in [-0.4, -0.2) is 35.6 Å². The van der Waals surface area contributed by atoms with Gasteiger partial charge < -0.3 is 15.7 Å². The van der Waals surface area contributed by atoms with Crippen LogP contribution in [0.4, 0.5) is 0 Å². The van der Waals surface area contributed by atoms with Gasteiger partial charge in [-0.1, -0.05) is 34.6 Å². The molecule has 0 saturated heterocycles. The Morgan fingerprint density at radius 2 is 1.67 bits per heavy atom. The van der Waals surface area contributed by atoms with Crippen LogP contribution in [0.1, 0.15) is 41.5 Å². The maximum absolute atomic E-state index is 11.7. The summed E-state index contributed by atoms with van der Waals surface area (Å²) >= 11 is 0. The Bertz CT molecular complexity index is 295. The molecule has 5 nitrogen and oxygen atoms in total. The first kappa shape index (κ1) is 16.9. The molecule has 0 aromatic carbocycles. The van der Waals surface area contributed by atoms with Crippen LogP contribution < -0.4 is 10.6 Å². The van der Waals surface area contributed by atoms with Crippen molar-refractivity contribution >= 4 is 11.8 Å². The van der Waals surface area contributed by atoms with E-state index in [0.717, 1.165) is 0 Å². The maximum atomic E-state index is 11.7. The van der Waals surface area contributed by atoms with E-state index < -0.39 is 17.6 Å². The van der Waals surface area contributed by atoms with Crippen molar-refractivity contribution in [2.45, 2.75) is 53.7 Å². The molecule has 0 aromatic heterocycles. The van der Waals surface area contributed by atoms with Crippen molar-refractivity contribution in [3.8, 4) is 0 Å². The van der Waals surface area contributed by atoms with Gasteiger partial charge in [-0.2, -0.15) is 0 Å². The lowest BCUT2D eigenvalue weighted by Gasteiger charge is -2.22. The molecule has 0 aromatic rings. The summed E-state index contributed by atoms with van der Waals surface area (Å²) in [6.07, 6.45) is -0.570. The number of amides is 2. The number of carbonyl (C=O) groups excluding carboxylic acids is 2. The minimum Gasteiger partial charge on any atom is -0.391 e. The molecule has 0 aliphatic carbocycles. The fourth-order valence-electron chi connectivity index (χ4n) is 1.07. The summed E-state index contributed by atoms with van der Waals surface area (Å²) in [6.45, 7) is 10.9. The number of carbonyl (C=O) groups is 2. The highest BCUT2D eigenvalue weighted by molar-refractivity contribution is 5.89. The summed E-state index contributed by atoms with van der Waals surface area (Å²) in [7, 11) is 0. The third-order valence-corrected chi connectivity index (χ3v) is 2.68. The third-order valence-electron chi connectivity index (χ3n) is 2.68. The molecule has 0 spiro atoms. The fraction of sp³-hybridized carbons (Fsp3) is 0.846. The predicted molar refractivity (Wildman–Crippen MR) is 70.9 cm³/mol. The standard InChI is InChI=1S/C13H26N2O3/c1-8(2)10(16)7-14-11(17)9(3)15-12(18)13(4,5)6/h8-10,16H,7H2,1-6H3,(H,14,17)(H,15,18). The van der Waals surface area contributed by atoms with Gasteiger partial charge in [-0.3, -0.25) is 9.59 Å². The number of aliphatic hydroxyl groups excluding tert-OH is 1. The molecule has 3 N–H and O–H groups in total. The molecule has 2 amide bonds. The van der Waals surface area contributed by atoms with Gasteiger partial charge in [0.05, 0.1) is 6.10 Å². The smallest absolute Gasteiger partial charge is 0.242 e. The highest BCUT2D eigenvalue weighted by Crippen LogP contribution is 2.12. The quantitative estimate of drug-likeness (QED) is 0.678. The van der Waals surface area contributed by atoms with Crippen LogP contribution in [0, 0.1) is 11.3 Å². The highest BCUT2D eigenvalue weighted by atomic mass is 16.3. The normalized spacial score (nSPS) is 15.1. The first-order chi connectivity index (χ1) is 8.05. The Morgan fingerprint density at radius 3 is 2.06 bits per heavy atom. The summed E-state index contributed by atoms with van der Waals surface area (Å²) in [4.78, 5) is 23.4. The molecule has 18 heavy (non-hydrogen) atoms. The Morgan fingerprint density at radius 1 is 1.17 bits per heavy atom. The van der Waals surface area contributed by atoms with Gasteiger partial charge in [0, 0.05) is 12.0 Å². The molecule has 0 fully saturated rings. The molecule has 2 unspecified atom stereocenters. The van der Waals surface area contributed by atoms with Gasteiger partial charge >= 0.3 is 0 Å². The van der Waals surface area contributed by atoms with Gasteiger partial charge in [0.15, 0.2) is 0 Å². The summed E-state index contributed by atoms with van der Waals surface area (Å²) in [5, 5.41) is 14.8. The van der Waals surface area contributed by atoms with E-state index in [1.165, 1.54) is 0 Å². The summed E-state index contributed by atoms with van der Waals surface area (Å²) < 4.78 is 0. The molecule has 106 valence electrons. The van der Waals surface area contributed by atoms with Crippen molar-refractivity contribution in [3.63, 3.8) is 0 Å². The first-order valence-corrected chi connectivity index (χ1v) is 6.32. The Balaban J connectivity index is 4.16. The predicted octanol–water partition coefficient (Wildman–Crippen LogP) is 0.670. The Kier molecular flexibility index (Phi) is 6.32. The number of hydrogen-bond donors (Lipinski definition) is 3. The topological polar surface area (TPSA) is 78.4 Å². The molecule has 0 aliphatic rings. The van der Waals surface area contributed by atoms with Crippen LogP contribution >= 0.6 is 0 Å². The molecule has 0 saturated carbocycles. The van der Waals surface area contributed by atoms with Crippen molar-refractivity contribution in [1.29, 1.82) is 0 Å². The van der Waals surface area contributed by atoms with Gasteiger partial charge in [0.1, 0.15) is 6.04 Å². The average molecular weight is 258 g/mol. The van der Waals surface area contributed by atoms with E-state index in [-0.39, 0.29) is 24.3 Å². The largest absolute Gasteiger partial charge is 0.391 e. The zero-order valence-electron chi connectivity index (χ0n) is 12.2. The van der Waals surface area contributed by atoms with E-state index in [0.29, 0.717) is 0 Å². The minimum absolute atomic E-state index is 0.0878. The van der Waals surface area contributed by atoms with Gasteiger partial charge in [-0.05, 0) is 12.8 Å². The van der Waals surface area contributed by atoms with Gasteiger partial charge in [-0.25, -0.2) is 0 Å². The second-order valence-corrected chi connectivity index (χ2v) is 6.00. The molecular formula is C13H26N2O3.